The van der Waals surface area contributed by atoms with Crippen molar-refractivity contribution in [3.8, 4) is 51.0 Å². The van der Waals surface area contributed by atoms with Crippen molar-refractivity contribution < 1.29 is 23.6 Å². The highest BCUT2D eigenvalue weighted by molar-refractivity contribution is 7.26. The predicted molar refractivity (Wildman–Crippen MR) is 236 cm³/mol. The lowest BCUT2D eigenvalue weighted by atomic mass is 10.0. The molecule has 12 aromatic rings. The number of rotatable bonds is 5. The maximum Gasteiger partial charge on any atom is 0.166 e. The van der Waals surface area contributed by atoms with E-state index in [9.17, 15) is 2.74 Å². The van der Waals surface area contributed by atoms with E-state index >= 15 is 0 Å². The average molecular weight is 761 g/mol. The second-order valence-electron chi connectivity index (χ2n) is 13.3. The second kappa shape index (κ2) is 12.6. The number of thiophene rings is 1. The van der Waals surface area contributed by atoms with Crippen LogP contribution in [0.4, 0.5) is 0 Å². The molecule has 0 unspecified atom stereocenters. The number of aromatic nitrogens is 4. The van der Waals surface area contributed by atoms with Gasteiger partial charge in [-0.05, 0) is 71.7 Å². The molecule has 0 radical (unpaired) electrons. The van der Waals surface area contributed by atoms with E-state index in [0.29, 0.717) is 43.8 Å². The first-order chi connectivity index (χ1) is 34.0. The fourth-order valence-corrected chi connectivity index (χ4v) is 8.62. The van der Waals surface area contributed by atoms with Gasteiger partial charge in [-0.2, -0.15) is 0 Å². The number of fused-ring (bicyclic) bond motifs is 9. The fraction of sp³-hybridized carbons (Fsp3) is 0. The number of benzene rings is 8. The number of furan rings is 1. The van der Waals surface area contributed by atoms with Crippen LogP contribution >= 0.6 is 11.3 Å². The van der Waals surface area contributed by atoms with E-state index in [1.54, 1.807) is 48.5 Å². The zero-order valence-corrected chi connectivity index (χ0v) is 30.2. The first kappa shape index (κ1) is 21.0. The van der Waals surface area contributed by atoms with Gasteiger partial charge in [0, 0.05) is 58.4 Å². The van der Waals surface area contributed by atoms with Crippen molar-refractivity contribution >= 4 is 75.3 Å². The van der Waals surface area contributed by atoms with E-state index in [2.05, 4.69) is 0 Å². The highest BCUT2D eigenvalue weighted by Crippen LogP contribution is 2.41. The van der Waals surface area contributed by atoms with Gasteiger partial charge in [0.1, 0.15) is 11.2 Å². The molecule has 57 heavy (non-hydrogen) atoms. The quantitative estimate of drug-likeness (QED) is 0.175. The largest absolute Gasteiger partial charge is 0.456 e. The molecule has 0 N–H and O–H groups in total. The second-order valence-corrected chi connectivity index (χ2v) is 14.3. The molecular weight excluding hydrogens is 717 g/mol. The van der Waals surface area contributed by atoms with Crippen molar-refractivity contribution in [2.45, 2.75) is 0 Å². The van der Waals surface area contributed by atoms with Crippen LogP contribution in [0.15, 0.2) is 186 Å². The predicted octanol–water partition coefficient (Wildman–Crippen LogP) is 13.9. The molecule has 0 aliphatic heterocycles. The van der Waals surface area contributed by atoms with E-state index < -0.39 is 42.3 Å². The molecule has 0 fully saturated rings. The molecule has 8 aromatic carbocycles. The van der Waals surface area contributed by atoms with Gasteiger partial charge in [-0.1, -0.05) is 121 Å². The lowest BCUT2D eigenvalue weighted by molar-refractivity contribution is 0.669. The van der Waals surface area contributed by atoms with Crippen LogP contribution in [0.2, 0.25) is 0 Å². The molecule has 0 bridgehead atoms. The van der Waals surface area contributed by atoms with Gasteiger partial charge in [0.2, 0.25) is 0 Å². The van der Waals surface area contributed by atoms with E-state index in [4.69, 9.17) is 35.8 Å². The standard InChI is InChI=1S/C51H30N4OS/c1-6-22-42-35(15-1)36-16-2-7-23-43(36)55(42)44-24-8-3-19-40(44)51-53-49(52-50(54-51)33-27-28-46-41(30-33)37-17-4-9-25-45(37)56-46)32-14-11-13-31(29-32)34-20-12-21-39-38-18-5-10-26-47(38)57-48(34)39/h1-30H/i1D,2D,5D,6D,10D,12D,15D,16D,18D,20D,21D,22D,23D,26D. The van der Waals surface area contributed by atoms with Gasteiger partial charge in [-0.3, -0.25) is 0 Å². The van der Waals surface area contributed by atoms with E-state index in [-0.39, 0.29) is 103 Å². The number of hydrogen-bond donors (Lipinski definition) is 0. The van der Waals surface area contributed by atoms with Crippen LogP contribution in [-0.4, -0.2) is 19.5 Å². The third-order valence-corrected chi connectivity index (χ3v) is 11.2. The summed E-state index contributed by atoms with van der Waals surface area (Å²) in [5, 5.41) is 1.91. The monoisotopic (exact) mass is 760 g/mol. The lowest BCUT2D eigenvalue weighted by Crippen LogP contribution is -2.03. The summed E-state index contributed by atoms with van der Waals surface area (Å²) in [4.78, 5) is 15.2. The normalized spacial score (nSPS) is 15.3. The van der Waals surface area contributed by atoms with Crippen LogP contribution < -0.4 is 0 Å². The van der Waals surface area contributed by atoms with Crippen LogP contribution in [0.3, 0.4) is 0 Å². The molecule has 0 aliphatic rings. The first-order valence-electron chi connectivity index (χ1n) is 24.9. The third-order valence-electron chi connectivity index (χ3n) is 10.1. The summed E-state index contributed by atoms with van der Waals surface area (Å²) in [6, 6.07) is 22.9. The maximum absolute atomic E-state index is 9.20. The van der Waals surface area contributed by atoms with Gasteiger partial charge in [0.05, 0.1) is 35.9 Å². The molecule has 266 valence electrons. The lowest BCUT2D eigenvalue weighted by Gasteiger charge is -2.15. The van der Waals surface area contributed by atoms with Crippen LogP contribution in [0.1, 0.15) is 19.2 Å². The Hall–Kier alpha value is -7.41. The highest BCUT2D eigenvalue weighted by atomic mass is 32.1. The minimum atomic E-state index is -0.529. The van der Waals surface area contributed by atoms with Crippen molar-refractivity contribution in [3.63, 3.8) is 0 Å². The van der Waals surface area contributed by atoms with Gasteiger partial charge in [0.25, 0.3) is 0 Å². The Labute approximate surface area is 350 Å². The molecule has 5 nitrogen and oxygen atoms in total. The number of para-hydroxylation sites is 4. The smallest absolute Gasteiger partial charge is 0.166 e. The van der Waals surface area contributed by atoms with Gasteiger partial charge in [-0.15, -0.1) is 11.3 Å². The average Bonchev–Trinajstić information content (AvgIpc) is 4.08. The van der Waals surface area contributed by atoms with E-state index in [0.717, 1.165) is 22.1 Å². The zero-order chi connectivity index (χ0) is 49.6. The SMILES string of the molecule is [2H]c1cc([2H])c2c(c1[2H])c1c([2H])c([2H])c([2H])c([2H])c1n2-c1ccccc1-c1nc(-c2cccc(-c3c([2H])c([2H])c([2H])c4c3sc3c([2H])c([2H])c([2H])c([2H])c34)c2)nc(-c2ccc3oc4ccccc4c3c2)n1. The van der Waals surface area contributed by atoms with Crippen molar-refractivity contribution in [2.75, 3.05) is 0 Å². The van der Waals surface area contributed by atoms with Crippen molar-refractivity contribution in [1.29, 1.82) is 0 Å². The maximum atomic E-state index is 9.20. The minimum absolute atomic E-state index is 0.00951. The number of nitrogens with zero attached hydrogens (tertiary/aromatic N) is 4. The molecule has 4 aromatic heterocycles. The summed E-state index contributed by atoms with van der Waals surface area (Å²) in [6.45, 7) is 0. The van der Waals surface area contributed by atoms with Crippen LogP contribution in [-0.2, 0) is 0 Å². The summed E-state index contributed by atoms with van der Waals surface area (Å²) in [6.07, 6.45) is 0. The number of hydrogen-bond acceptors (Lipinski definition) is 5. The Morgan fingerprint density at radius 3 is 2.09 bits per heavy atom. The van der Waals surface area contributed by atoms with E-state index in [1.165, 1.54) is 10.6 Å². The molecule has 0 saturated heterocycles. The van der Waals surface area contributed by atoms with Gasteiger partial charge >= 0.3 is 0 Å². The summed E-state index contributed by atoms with van der Waals surface area (Å²) in [5.41, 5.74) is 3.71. The molecule has 6 heteroatoms. The summed E-state index contributed by atoms with van der Waals surface area (Å²) in [7, 11) is 0. The van der Waals surface area contributed by atoms with Crippen LogP contribution in [0.25, 0.3) is 115 Å². The Kier molecular flexibility index (Phi) is 4.64. The molecule has 4 heterocycles. The molecule has 12 rings (SSSR count). The minimum Gasteiger partial charge on any atom is -0.456 e. The molecule has 0 atom stereocenters. The Bertz CT molecular complexity index is 4380. The highest BCUT2D eigenvalue weighted by Gasteiger charge is 2.20. The Morgan fingerprint density at radius 1 is 0.456 bits per heavy atom. The molecule has 0 saturated carbocycles. The zero-order valence-electron chi connectivity index (χ0n) is 43.3. The molecule has 0 amide bonds. The topological polar surface area (TPSA) is 56.7 Å². The molecule has 0 aliphatic carbocycles. The summed E-state index contributed by atoms with van der Waals surface area (Å²) < 4.78 is 131. The Morgan fingerprint density at radius 2 is 1.16 bits per heavy atom. The van der Waals surface area contributed by atoms with Crippen LogP contribution in [0, 0.1) is 0 Å². The van der Waals surface area contributed by atoms with Crippen LogP contribution in [0.5, 0.6) is 0 Å². The van der Waals surface area contributed by atoms with E-state index in [1.807, 2.05) is 42.5 Å². The van der Waals surface area contributed by atoms with Gasteiger partial charge in [0.15, 0.2) is 17.5 Å². The fourth-order valence-electron chi connectivity index (χ4n) is 7.53. The summed E-state index contributed by atoms with van der Waals surface area (Å²) in [5.74, 6) is 0.480. The first-order valence-corrected chi connectivity index (χ1v) is 18.7. The van der Waals surface area contributed by atoms with Gasteiger partial charge < -0.3 is 8.98 Å². The van der Waals surface area contributed by atoms with Gasteiger partial charge in [-0.25, -0.2) is 15.0 Å². The third kappa shape index (κ3) is 5.04. The van der Waals surface area contributed by atoms with Crippen molar-refractivity contribution in [2.24, 2.45) is 0 Å². The Balaban J connectivity index is 1.14. The molecular formula is C51H30N4OS. The molecule has 0 spiro atoms. The van der Waals surface area contributed by atoms with Crippen molar-refractivity contribution in [1.82, 2.24) is 19.5 Å². The summed E-state index contributed by atoms with van der Waals surface area (Å²) >= 11 is 1.03. The van der Waals surface area contributed by atoms with Crippen molar-refractivity contribution in [3.05, 3.63) is 182 Å².